The maximum absolute atomic E-state index is 13.0. The van der Waals surface area contributed by atoms with Crippen LogP contribution in [-0.2, 0) is 17.9 Å². The van der Waals surface area contributed by atoms with Gasteiger partial charge in [-0.25, -0.2) is 0 Å². The van der Waals surface area contributed by atoms with Gasteiger partial charge in [-0.1, -0.05) is 30.3 Å². The van der Waals surface area contributed by atoms with Gasteiger partial charge in [0.05, 0.1) is 19.9 Å². The molecule has 3 rings (SSSR count). The van der Waals surface area contributed by atoms with Gasteiger partial charge in [0.1, 0.15) is 17.3 Å². The molecule has 3 aromatic rings. The van der Waals surface area contributed by atoms with Gasteiger partial charge >= 0.3 is 0 Å². The van der Waals surface area contributed by atoms with E-state index < -0.39 is 6.10 Å². The SMILES string of the molecule is COc1ccc(OC(C)C(=O)N(Cc2ccccc2)Cc2ccco2)cc1. The normalized spacial score (nSPS) is 11.6. The Labute approximate surface area is 159 Å². The number of methoxy groups -OCH3 is 1. The Balaban J connectivity index is 1.71. The van der Waals surface area contributed by atoms with Crippen LogP contribution in [0.25, 0.3) is 0 Å². The topological polar surface area (TPSA) is 51.9 Å². The summed E-state index contributed by atoms with van der Waals surface area (Å²) in [6.07, 6.45) is 0.981. The van der Waals surface area contributed by atoms with Crippen molar-refractivity contribution in [3.63, 3.8) is 0 Å². The molecule has 1 heterocycles. The lowest BCUT2D eigenvalue weighted by Gasteiger charge is -2.25. The van der Waals surface area contributed by atoms with Crippen molar-refractivity contribution in [2.75, 3.05) is 7.11 Å². The van der Waals surface area contributed by atoms with Gasteiger partial charge in [-0.3, -0.25) is 4.79 Å². The smallest absolute Gasteiger partial charge is 0.264 e. The fourth-order valence-corrected chi connectivity index (χ4v) is 2.77. The molecule has 0 N–H and O–H groups in total. The van der Waals surface area contributed by atoms with Gasteiger partial charge in [0.15, 0.2) is 6.10 Å². The number of carbonyl (C=O) groups is 1. The summed E-state index contributed by atoms with van der Waals surface area (Å²) in [5.74, 6) is 1.99. The van der Waals surface area contributed by atoms with Crippen LogP contribution in [0.1, 0.15) is 18.2 Å². The summed E-state index contributed by atoms with van der Waals surface area (Å²) in [7, 11) is 1.61. The predicted octanol–water partition coefficient (Wildman–Crippen LogP) is 4.28. The van der Waals surface area contributed by atoms with Crippen LogP contribution in [0, 0.1) is 0 Å². The predicted molar refractivity (Wildman–Crippen MR) is 102 cm³/mol. The van der Waals surface area contributed by atoms with Crippen LogP contribution < -0.4 is 9.47 Å². The van der Waals surface area contributed by atoms with E-state index in [-0.39, 0.29) is 5.91 Å². The number of hydrogen-bond donors (Lipinski definition) is 0. The zero-order valence-corrected chi connectivity index (χ0v) is 15.5. The van der Waals surface area contributed by atoms with Gasteiger partial charge < -0.3 is 18.8 Å². The van der Waals surface area contributed by atoms with Crippen molar-refractivity contribution in [2.24, 2.45) is 0 Å². The number of rotatable bonds is 8. The van der Waals surface area contributed by atoms with Crippen molar-refractivity contribution in [1.29, 1.82) is 0 Å². The molecule has 1 aromatic heterocycles. The monoisotopic (exact) mass is 365 g/mol. The van der Waals surface area contributed by atoms with E-state index in [2.05, 4.69) is 0 Å². The molecular weight excluding hydrogens is 342 g/mol. The van der Waals surface area contributed by atoms with Crippen molar-refractivity contribution in [3.8, 4) is 11.5 Å². The van der Waals surface area contributed by atoms with Crippen molar-refractivity contribution in [1.82, 2.24) is 4.90 Å². The van der Waals surface area contributed by atoms with E-state index in [9.17, 15) is 4.79 Å². The van der Waals surface area contributed by atoms with E-state index in [0.29, 0.717) is 18.8 Å². The minimum Gasteiger partial charge on any atom is -0.497 e. The largest absolute Gasteiger partial charge is 0.497 e. The van der Waals surface area contributed by atoms with Crippen LogP contribution in [0.3, 0.4) is 0 Å². The van der Waals surface area contributed by atoms with Crippen LogP contribution >= 0.6 is 0 Å². The molecule has 0 bridgehead atoms. The molecule has 0 aliphatic heterocycles. The standard InChI is InChI=1S/C22H23NO4/c1-17(27-20-12-10-19(25-2)11-13-20)22(24)23(16-21-9-6-14-26-21)15-18-7-4-3-5-8-18/h3-14,17H,15-16H2,1-2H3. The summed E-state index contributed by atoms with van der Waals surface area (Å²) in [5.41, 5.74) is 1.05. The highest BCUT2D eigenvalue weighted by Gasteiger charge is 2.23. The zero-order chi connectivity index (χ0) is 19.1. The summed E-state index contributed by atoms with van der Waals surface area (Å²) in [4.78, 5) is 14.8. The molecule has 140 valence electrons. The van der Waals surface area contributed by atoms with Crippen molar-refractivity contribution in [2.45, 2.75) is 26.1 Å². The molecule has 1 amide bonds. The first-order valence-electron chi connectivity index (χ1n) is 8.81. The molecule has 2 aromatic carbocycles. The fraction of sp³-hybridized carbons (Fsp3) is 0.227. The number of nitrogens with zero attached hydrogens (tertiary/aromatic N) is 1. The van der Waals surface area contributed by atoms with Crippen molar-refractivity contribution in [3.05, 3.63) is 84.3 Å². The first kappa shape index (κ1) is 18.6. The van der Waals surface area contributed by atoms with E-state index in [0.717, 1.165) is 17.1 Å². The van der Waals surface area contributed by atoms with Gasteiger partial charge in [-0.15, -0.1) is 0 Å². The highest BCUT2D eigenvalue weighted by atomic mass is 16.5. The fourth-order valence-electron chi connectivity index (χ4n) is 2.77. The third-order valence-electron chi connectivity index (χ3n) is 4.17. The first-order valence-corrected chi connectivity index (χ1v) is 8.81. The molecule has 0 aliphatic carbocycles. The molecule has 1 unspecified atom stereocenters. The third-order valence-corrected chi connectivity index (χ3v) is 4.17. The van der Waals surface area contributed by atoms with Gasteiger partial charge in [-0.05, 0) is 48.9 Å². The average molecular weight is 365 g/mol. The molecule has 0 aliphatic rings. The van der Waals surface area contributed by atoms with Crippen LogP contribution in [0.15, 0.2) is 77.4 Å². The maximum atomic E-state index is 13.0. The molecule has 0 fully saturated rings. The van der Waals surface area contributed by atoms with Crippen LogP contribution in [-0.4, -0.2) is 24.0 Å². The lowest BCUT2D eigenvalue weighted by molar-refractivity contribution is -0.139. The van der Waals surface area contributed by atoms with E-state index in [1.165, 1.54) is 0 Å². The minimum atomic E-state index is -0.628. The summed E-state index contributed by atoms with van der Waals surface area (Å²) >= 11 is 0. The number of furan rings is 1. The van der Waals surface area contributed by atoms with Crippen LogP contribution in [0.4, 0.5) is 0 Å². The molecular formula is C22H23NO4. The highest BCUT2D eigenvalue weighted by molar-refractivity contribution is 5.80. The average Bonchev–Trinajstić information content (AvgIpc) is 3.21. The van der Waals surface area contributed by atoms with Crippen LogP contribution in [0.5, 0.6) is 11.5 Å². The number of hydrogen-bond acceptors (Lipinski definition) is 4. The Morgan fingerprint density at radius 2 is 1.67 bits per heavy atom. The van der Waals surface area contributed by atoms with Crippen LogP contribution in [0.2, 0.25) is 0 Å². The Kier molecular flexibility index (Phi) is 6.15. The van der Waals surface area contributed by atoms with Gasteiger partial charge in [0.2, 0.25) is 0 Å². The van der Waals surface area contributed by atoms with E-state index in [1.54, 1.807) is 49.5 Å². The highest BCUT2D eigenvalue weighted by Crippen LogP contribution is 2.20. The van der Waals surface area contributed by atoms with Gasteiger partial charge in [-0.2, -0.15) is 0 Å². The minimum absolute atomic E-state index is 0.105. The summed E-state index contributed by atoms with van der Waals surface area (Å²) in [6, 6.07) is 20.7. The van der Waals surface area contributed by atoms with E-state index >= 15 is 0 Å². The molecule has 0 spiro atoms. The Morgan fingerprint density at radius 1 is 0.963 bits per heavy atom. The quantitative estimate of drug-likeness (QED) is 0.598. The lowest BCUT2D eigenvalue weighted by atomic mass is 10.2. The Bertz CT molecular complexity index is 829. The summed E-state index contributed by atoms with van der Waals surface area (Å²) in [6.45, 7) is 2.63. The molecule has 0 saturated heterocycles. The molecule has 1 atom stereocenters. The molecule has 5 heteroatoms. The van der Waals surface area contributed by atoms with Crippen molar-refractivity contribution >= 4 is 5.91 Å². The second-order valence-electron chi connectivity index (χ2n) is 6.19. The molecule has 0 radical (unpaired) electrons. The summed E-state index contributed by atoms with van der Waals surface area (Å²) < 4.78 is 16.4. The first-order chi connectivity index (χ1) is 13.2. The number of amides is 1. The molecule has 5 nitrogen and oxygen atoms in total. The second kappa shape index (κ2) is 8.94. The van der Waals surface area contributed by atoms with Crippen molar-refractivity contribution < 1.29 is 18.7 Å². The second-order valence-corrected chi connectivity index (χ2v) is 6.19. The third kappa shape index (κ3) is 5.14. The van der Waals surface area contributed by atoms with Gasteiger partial charge in [0.25, 0.3) is 5.91 Å². The summed E-state index contributed by atoms with van der Waals surface area (Å²) in [5, 5.41) is 0. The number of carbonyl (C=O) groups excluding carboxylic acids is 1. The molecule has 0 saturated carbocycles. The van der Waals surface area contributed by atoms with E-state index in [4.69, 9.17) is 13.9 Å². The number of ether oxygens (including phenoxy) is 2. The Hall–Kier alpha value is -3.21. The van der Waals surface area contributed by atoms with Gasteiger partial charge in [0, 0.05) is 6.54 Å². The lowest BCUT2D eigenvalue weighted by Crippen LogP contribution is -2.39. The Morgan fingerprint density at radius 3 is 2.30 bits per heavy atom. The molecule has 27 heavy (non-hydrogen) atoms. The zero-order valence-electron chi connectivity index (χ0n) is 15.5. The maximum Gasteiger partial charge on any atom is 0.264 e. The van der Waals surface area contributed by atoms with E-state index in [1.807, 2.05) is 42.5 Å². The number of benzene rings is 2.